The Hall–Kier alpha value is -8.53. The molecule has 3 nitrogen and oxygen atoms in total. The van der Waals surface area contributed by atoms with Crippen LogP contribution < -0.4 is 0 Å². The molecule has 0 spiro atoms. The van der Waals surface area contributed by atoms with Crippen molar-refractivity contribution in [3.63, 3.8) is 0 Å². The van der Waals surface area contributed by atoms with Crippen molar-refractivity contribution in [3.05, 3.63) is 259 Å². The van der Waals surface area contributed by atoms with E-state index < -0.39 is 5.41 Å². The van der Waals surface area contributed by atoms with Crippen molar-refractivity contribution < 1.29 is 0 Å². The number of hydrogen-bond donors (Lipinski definition) is 0. The summed E-state index contributed by atoms with van der Waals surface area (Å²) in [5.41, 5.74) is 12.0. The molecule has 0 radical (unpaired) electrons. The van der Waals surface area contributed by atoms with E-state index in [1.54, 1.807) is 0 Å². The summed E-state index contributed by atoms with van der Waals surface area (Å²) in [6.07, 6.45) is 0. The molecule has 13 rings (SSSR count). The highest BCUT2D eigenvalue weighted by atomic mass is 15.0. The van der Waals surface area contributed by atoms with E-state index in [2.05, 4.69) is 218 Å². The van der Waals surface area contributed by atoms with Gasteiger partial charge in [-0.25, -0.2) is 15.0 Å². The second kappa shape index (κ2) is 14.8. The first-order valence-electron chi connectivity index (χ1n) is 22.3. The molecule has 11 aromatic carbocycles. The third-order valence-corrected chi connectivity index (χ3v) is 13.6. The molecule has 1 heterocycles. The van der Waals surface area contributed by atoms with Crippen molar-refractivity contribution in [2.24, 2.45) is 0 Å². The van der Waals surface area contributed by atoms with Gasteiger partial charge in [0.15, 0.2) is 17.5 Å². The quantitative estimate of drug-likeness (QED) is 0.124. The highest BCUT2D eigenvalue weighted by molar-refractivity contribution is 6.23. The fourth-order valence-electron chi connectivity index (χ4n) is 10.7. The van der Waals surface area contributed by atoms with E-state index >= 15 is 0 Å². The van der Waals surface area contributed by atoms with Gasteiger partial charge in [0.2, 0.25) is 0 Å². The first-order chi connectivity index (χ1) is 32.2. The van der Waals surface area contributed by atoms with Gasteiger partial charge in [-0.05, 0) is 106 Å². The molecule has 12 aromatic rings. The Balaban J connectivity index is 1.04. The van der Waals surface area contributed by atoms with Crippen molar-refractivity contribution in [3.8, 4) is 56.4 Å². The molecule has 302 valence electrons. The van der Waals surface area contributed by atoms with Crippen molar-refractivity contribution in [2.45, 2.75) is 5.41 Å². The summed E-state index contributed by atoms with van der Waals surface area (Å²) in [5.74, 6) is 1.89. The molecular weight excluding hydrogens is 787 g/mol. The largest absolute Gasteiger partial charge is 0.208 e. The fraction of sp³-hybridized carbons (Fsp3) is 0.0161. The SMILES string of the molecule is c1ccc(-c2nc(-c3ccc4c(c3)C(c3ccccc3)(c3ccccc3)c3ccccc3-4)nc(-c3ccc(-c4c5ccccc5cc5c4ccc4ccccc45)c4ccccc34)n2)cc1. The molecule has 0 fully saturated rings. The Morgan fingerprint density at radius 3 is 1.52 bits per heavy atom. The molecule has 1 aliphatic rings. The minimum atomic E-state index is -0.549. The Labute approximate surface area is 377 Å². The summed E-state index contributed by atoms with van der Waals surface area (Å²) in [7, 11) is 0. The summed E-state index contributed by atoms with van der Waals surface area (Å²) in [6, 6.07) is 85.3. The van der Waals surface area contributed by atoms with Gasteiger partial charge in [0.1, 0.15) is 0 Å². The lowest BCUT2D eigenvalue weighted by atomic mass is 9.67. The standard InChI is InChI=1S/C62H39N3/c1-4-19-41(20-5-1)59-63-60(43-33-34-51-50-30-16-17-31-56(50)62(57(51)39-43,44-22-6-2-7-23-44)45-24-8-3-9-25-45)65-61(64-59)54-37-36-52(48-28-14-15-29-49(48)54)58-47-27-13-11-21-42(47)38-55-46-26-12-10-18-40(46)32-35-53(55)58/h1-39H. The number of hydrogen-bond acceptors (Lipinski definition) is 3. The number of fused-ring (bicyclic) bond motifs is 8. The molecule has 1 aliphatic carbocycles. The van der Waals surface area contributed by atoms with Gasteiger partial charge in [0, 0.05) is 16.7 Å². The smallest absolute Gasteiger partial charge is 0.164 e. The van der Waals surface area contributed by atoms with Crippen LogP contribution in [0.15, 0.2) is 237 Å². The van der Waals surface area contributed by atoms with Crippen molar-refractivity contribution in [1.29, 1.82) is 0 Å². The first kappa shape index (κ1) is 37.1. The second-order valence-electron chi connectivity index (χ2n) is 17.0. The molecular formula is C62H39N3. The molecule has 3 heteroatoms. The third kappa shape index (κ3) is 5.72. The van der Waals surface area contributed by atoms with Gasteiger partial charge >= 0.3 is 0 Å². The molecule has 0 amide bonds. The number of nitrogens with zero attached hydrogens (tertiary/aromatic N) is 3. The van der Waals surface area contributed by atoms with Crippen LogP contribution in [0.2, 0.25) is 0 Å². The van der Waals surface area contributed by atoms with E-state index in [0.717, 1.165) is 27.5 Å². The molecule has 0 unspecified atom stereocenters. The lowest BCUT2D eigenvalue weighted by Gasteiger charge is -2.34. The second-order valence-corrected chi connectivity index (χ2v) is 17.0. The summed E-state index contributed by atoms with van der Waals surface area (Å²) < 4.78 is 0. The van der Waals surface area contributed by atoms with Gasteiger partial charge in [-0.3, -0.25) is 0 Å². The maximum Gasteiger partial charge on any atom is 0.164 e. The maximum atomic E-state index is 5.43. The number of aromatic nitrogens is 3. The van der Waals surface area contributed by atoms with Crippen LogP contribution in [0.1, 0.15) is 22.3 Å². The Kier molecular flexibility index (Phi) is 8.44. The van der Waals surface area contributed by atoms with Gasteiger partial charge in [0.05, 0.1) is 5.41 Å². The Morgan fingerprint density at radius 2 is 0.785 bits per heavy atom. The lowest BCUT2D eigenvalue weighted by molar-refractivity contribution is 0.768. The zero-order valence-electron chi connectivity index (χ0n) is 35.4. The molecule has 0 saturated heterocycles. The third-order valence-electron chi connectivity index (χ3n) is 13.6. The molecule has 0 N–H and O–H groups in total. The van der Waals surface area contributed by atoms with E-state index in [4.69, 9.17) is 15.0 Å². The van der Waals surface area contributed by atoms with Gasteiger partial charge in [0.25, 0.3) is 0 Å². The predicted molar refractivity (Wildman–Crippen MR) is 269 cm³/mol. The molecule has 0 bridgehead atoms. The summed E-state index contributed by atoms with van der Waals surface area (Å²) in [5, 5.41) is 9.64. The van der Waals surface area contributed by atoms with Crippen molar-refractivity contribution in [1.82, 2.24) is 15.0 Å². The van der Waals surface area contributed by atoms with E-state index in [1.165, 1.54) is 76.8 Å². The van der Waals surface area contributed by atoms with Crippen LogP contribution >= 0.6 is 0 Å². The topological polar surface area (TPSA) is 38.7 Å². The van der Waals surface area contributed by atoms with Gasteiger partial charge < -0.3 is 0 Å². The normalized spacial score (nSPS) is 12.7. The van der Waals surface area contributed by atoms with Crippen LogP contribution in [0.3, 0.4) is 0 Å². The van der Waals surface area contributed by atoms with Crippen LogP contribution in [0.4, 0.5) is 0 Å². The maximum absolute atomic E-state index is 5.43. The van der Waals surface area contributed by atoms with Gasteiger partial charge in [-0.1, -0.05) is 218 Å². The van der Waals surface area contributed by atoms with Gasteiger partial charge in [-0.15, -0.1) is 0 Å². The van der Waals surface area contributed by atoms with Crippen LogP contribution in [0, 0.1) is 0 Å². The zero-order chi connectivity index (χ0) is 42.9. The molecule has 1 aromatic heterocycles. The van der Waals surface area contributed by atoms with Crippen LogP contribution in [0.25, 0.3) is 99.5 Å². The minimum absolute atomic E-state index is 0.549. The minimum Gasteiger partial charge on any atom is -0.208 e. The van der Waals surface area contributed by atoms with Crippen LogP contribution in [0.5, 0.6) is 0 Å². The van der Waals surface area contributed by atoms with E-state index in [0.29, 0.717) is 17.5 Å². The molecule has 0 atom stereocenters. The summed E-state index contributed by atoms with van der Waals surface area (Å²) in [4.78, 5) is 16.0. The fourth-order valence-corrected chi connectivity index (χ4v) is 10.7. The average molecular weight is 826 g/mol. The van der Waals surface area contributed by atoms with Crippen LogP contribution in [-0.4, -0.2) is 15.0 Å². The number of benzene rings is 11. The average Bonchev–Trinajstić information content (AvgIpc) is 3.68. The van der Waals surface area contributed by atoms with E-state index in [-0.39, 0.29) is 0 Å². The number of rotatable bonds is 6. The van der Waals surface area contributed by atoms with E-state index in [1.807, 2.05) is 18.2 Å². The monoisotopic (exact) mass is 825 g/mol. The zero-order valence-corrected chi connectivity index (χ0v) is 35.4. The molecule has 65 heavy (non-hydrogen) atoms. The van der Waals surface area contributed by atoms with E-state index in [9.17, 15) is 0 Å². The molecule has 0 aliphatic heterocycles. The first-order valence-corrected chi connectivity index (χ1v) is 22.3. The summed E-state index contributed by atoms with van der Waals surface area (Å²) >= 11 is 0. The molecule has 0 saturated carbocycles. The van der Waals surface area contributed by atoms with Crippen molar-refractivity contribution in [2.75, 3.05) is 0 Å². The highest BCUT2D eigenvalue weighted by Gasteiger charge is 2.46. The van der Waals surface area contributed by atoms with Crippen molar-refractivity contribution >= 4 is 43.1 Å². The highest BCUT2D eigenvalue weighted by Crippen LogP contribution is 2.56. The Morgan fingerprint density at radius 1 is 0.262 bits per heavy atom. The summed E-state index contributed by atoms with van der Waals surface area (Å²) in [6.45, 7) is 0. The Bertz CT molecular complexity index is 3780. The van der Waals surface area contributed by atoms with Crippen LogP contribution in [-0.2, 0) is 5.41 Å². The lowest BCUT2D eigenvalue weighted by Crippen LogP contribution is -2.28. The van der Waals surface area contributed by atoms with Gasteiger partial charge in [-0.2, -0.15) is 0 Å². The predicted octanol–water partition coefficient (Wildman–Crippen LogP) is 15.5.